The number of fused-ring (bicyclic) bond motifs is 26. The van der Waals surface area contributed by atoms with Crippen LogP contribution in [0.2, 0.25) is 0 Å². The van der Waals surface area contributed by atoms with Crippen LogP contribution in [0.4, 0.5) is 0 Å². The van der Waals surface area contributed by atoms with Crippen molar-refractivity contribution in [2.45, 2.75) is 378 Å². The van der Waals surface area contributed by atoms with Crippen molar-refractivity contribution in [3.63, 3.8) is 0 Å². The smallest absolute Gasteiger partial charge is 0.0661 e. The number of hydrogen-bond donors (Lipinski definition) is 0. The van der Waals surface area contributed by atoms with Crippen molar-refractivity contribution in [2.75, 3.05) is 52.9 Å². The highest BCUT2D eigenvalue weighted by Crippen LogP contribution is 2.73. The monoisotopic (exact) mass is 1400 g/mol. The van der Waals surface area contributed by atoms with Crippen LogP contribution in [0.25, 0.3) is 0 Å². The fourth-order valence-electron chi connectivity index (χ4n) is 30.2. The summed E-state index contributed by atoms with van der Waals surface area (Å²) in [4.78, 5) is 0. The van der Waals surface area contributed by atoms with Crippen molar-refractivity contribution >= 4 is 0 Å². The second-order valence-corrected chi connectivity index (χ2v) is 40.4. The van der Waals surface area contributed by atoms with E-state index in [1.54, 1.807) is 12.8 Å². The molecule has 0 radical (unpaired) electrons. The Morgan fingerprint density at radius 1 is 0.250 bits per heavy atom. The molecule has 18 bridgehead atoms. The Labute approximate surface area is 617 Å². The SMILES string of the molecule is CCOC1C2CC(C3C4CCC(C4)C23)C1(C)C.CCOC1C2CC(C3CCCC32)C1(C)C.CCOC1C2CCC(CC2)C1(C)C.CCOC1C2CCC1(C)CC2(C)C.CCOC1C2CCC1C2.CCOC1C2CCC1CC2.CCOC1C2CCCC1CC2.CCOC1C2CCCC1CCC2. The predicted molar refractivity (Wildman–Crippen MR) is 412 cm³/mol. The lowest BCUT2D eigenvalue weighted by Crippen LogP contribution is -2.51. The molecule has 0 aromatic carbocycles. The van der Waals surface area contributed by atoms with E-state index in [1.807, 2.05) is 0 Å². The van der Waals surface area contributed by atoms with Crippen LogP contribution in [0.5, 0.6) is 0 Å². The van der Waals surface area contributed by atoms with E-state index >= 15 is 0 Å². The summed E-state index contributed by atoms with van der Waals surface area (Å²) in [5, 5.41) is 0. The van der Waals surface area contributed by atoms with E-state index in [1.165, 1.54) is 199 Å². The van der Waals surface area contributed by atoms with Gasteiger partial charge in [0.25, 0.3) is 0 Å². The highest BCUT2D eigenvalue weighted by Gasteiger charge is 2.69. The second-order valence-electron chi connectivity index (χ2n) is 40.4. The summed E-state index contributed by atoms with van der Waals surface area (Å²) >= 11 is 0. The van der Waals surface area contributed by atoms with Crippen LogP contribution in [0.1, 0.15) is 330 Å². The number of rotatable bonds is 16. The molecule has 0 aliphatic heterocycles. The molecule has 0 aromatic heterocycles. The van der Waals surface area contributed by atoms with Gasteiger partial charge in [-0.15, -0.1) is 0 Å². The van der Waals surface area contributed by atoms with Crippen LogP contribution in [0.15, 0.2) is 0 Å². The maximum atomic E-state index is 6.17. The van der Waals surface area contributed by atoms with Gasteiger partial charge in [-0.1, -0.05) is 88.0 Å². The summed E-state index contributed by atoms with van der Waals surface area (Å²) in [6.07, 6.45) is 52.7. The van der Waals surface area contributed by atoms with E-state index in [0.717, 1.165) is 177 Å². The van der Waals surface area contributed by atoms with Crippen LogP contribution < -0.4 is 0 Å². The Morgan fingerprint density at radius 3 is 1.04 bits per heavy atom. The van der Waals surface area contributed by atoms with E-state index in [-0.39, 0.29) is 0 Å². The lowest BCUT2D eigenvalue weighted by atomic mass is 9.56. The molecular weight excluding hydrogens is 1230 g/mol. The summed E-state index contributed by atoms with van der Waals surface area (Å²) in [6.45, 7) is 46.2. The molecule has 21 fully saturated rings. The summed E-state index contributed by atoms with van der Waals surface area (Å²) in [5.41, 5.74) is 2.35. The van der Waals surface area contributed by atoms with Crippen molar-refractivity contribution in [3.8, 4) is 0 Å². The zero-order chi connectivity index (χ0) is 70.9. The quantitative estimate of drug-likeness (QED) is 0.142. The first-order chi connectivity index (χ1) is 48.1. The zero-order valence-electron chi connectivity index (χ0n) is 68.5. The number of hydrogen-bond acceptors (Lipinski definition) is 8. The third kappa shape index (κ3) is 16.0. The molecule has 8 nitrogen and oxygen atoms in total. The van der Waals surface area contributed by atoms with Crippen molar-refractivity contribution < 1.29 is 37.9 Å². The van der Waals surface area contributed by atoms with Gasteiger partial charge in [-0.3, -0.25) is 0 Å². The van der Waals surface area contributed by atoms with Crippen molar-refractivity contribution in [1.29, 1.82) is 0 Å². The molecule has 100 heavy (non-hydrogen) atoms. The standard InChI is InChI=1S/C16H26O.C14H24O.2C12H22O.C11H20O.C10H18O.C9H16O.C8H14O/c1-4-17-15-11-8-12(16(15,2)3)14-10-6-5-9(7-10)13(11)14;1-4-15-13-11-8-12(14(13,2)3)10-7-5-6-9(10)11;1-5-13-10-9-6-7-12(10,4)8-11(9,2)3;1-4-13-11-9-5-7-10(8-6-9)12(11,2)3;1-2-12-11-9-5-3-6-10(11)8-4-7-9;1-2-11-10-8-4-3-5-9(10)7-6-8;1-2-10-9-7-3-4-8(9)6-5-7;1-2-9-8-6-3-4-7(8)5-6/h9-15H,4-8H2,1-3H3;9-13H,4-8H2,1-3H3;9-10H,5-8H2,1-4H3;9-11H,4-8H2,1-3H3;9-11H,2-8H2,1H3;8-10H,2-7H2,1H3;7-9H,2-6H2,1H3;6-8H,2-5H2,1H3. The summed E-state index contributed by atoms with van der Waals surface area (Å²) < 4.78 is 47.0. The van der Waals surface area contributed by atoms with Gasteiger partial charge in [0.15, 0.2) is 0 Å². The normalized spacial score (nSPS) is 47.4. The Kier molecular flexibility index (Phi) is 27.2. The van der Waals surface area contributed by atoms with E-state index in [4.69, 9.17) is 37.9 Å². The van der Waals surface area contributed by atoms with Gasteiger partial charge in [0.1, 0.15) is 0 Å². The third-order valence-corrected chi connectivity index (χ3v) is 34.1. The molecule has 21 saturated carbocycles. The number of ether oxygens (including phenoxy) is 8. The molecular formula is C92H162O8. The van der Waals surface area contributed by atoms with Crippen molar-refractivity contribution in [1.82, 2.24) is 0 Å². The molecule has 21 rings (SSSR count). The Hall–Kier alpha value is -0.320. The van der Waals surface area contributed by atoms with Crippen LogP contribution in [0, 0.1) is 151 Å². The van der Waals surface area contributed by atoms with Crippen LogP contribution >= 0.6 is 0 Å². The first-order valence-corrected chi connectivity index (χ1v) is 45.0. The van der Waals surface area contributed by atoms with Crippen LogP contribution in [-0.4, -0.2) is 102 Å². The van der Waals surface area contributed by atoms with Gasteiger partial charge < -0.3 is 37.9 Å². The van der Waals surface area contributed by atoms with Gasteiger partial charge in [-0.25, -0.2) is 0 Å². The van der Waals surface area contributed by atoms with Crippen molar-refractivity contribution in [2.24, 2.45) is 151 Å². The largest absolute Gasteiger partial charge is 0.378 e. The molecule has 20 unspecified atom stereocenters. The minimum Gasteiger partial charge on any atom is -0.378 e. The fourth-order valence-corrected chi connectivity index (χ4v) is 30.2. The molecule has 20 atom stereocenters. The van der Waals surface area contributed by atoms with E-state index in [0.29, 0.717) is 75.9 Å². The molecule has 8 heteroatoms. The van der Waals surface area contributed by atoms with Gasteiger partial charge >= 0.3 is 0 Å². The summed E-state index contributed by atoms with van der Waals surface area (Å²) in [5.74, 6) is 20.2. The van der Waals surface area contributed by atoms with E-state index < -0.39 is 0 Å². The topological polar surface area (TPSA) is 73.8 Å². The molecule has 0 aromatic rings. The predicted octanol–water partition coefficient (Wildman–Crippen LogP) is 23.3. The average molecular weight is 1400 g/mol. The zero-order valence-corrected chi connectivity index (χ0v) is 68.5. The van der Waals surface area contributed by atoms with Crippen LogP contribution in [0.3, 0.4) is 0 Å². The molecule has 578 valence electrons. The fraction of sp³-hybridized carbons (Fsp3) is 1.00. The molecule has 0 saturated heterocycles. The van der Waals surface area contributed by atoms with Gasteiger partial charge in [-0.2, -0.15) is 0 Å². The molecule has 21 aliphatic carbocycles. The van der Waals surface area contributed by atoms with Crippen LogP contribution in [-0.2, 0) is 37.9 Å². The molecule has 0 spiro atoms. The van der Waals surface area contributed by atoms with E-state index in [2.05, 4.69) is 118 Å². The Morgan fingerprint density at radius 2 is 0.600 bits per heavy atom. The second kappa shape index (κ2) is 34.3. The van der Waals surface area contributed by atoms with Gasteiger partial charge in [0.05, 0.1) is 48.8 Å². The van der Waals surface area contributed by atoms with Gasteiger partial charge in [0, 0.05) is 52.9 Å². The lowest BCUT2D eigenvalue weighted by molar-refractivity contribution is -0.139. The summed E-state index contributed by atoms with van der Waals surface area (Å²) in [7, 11) is 0. The maximum Gasteiger partial charge on any atom is 0.0661 e. The molecule has 0 N–H and O–H groups in total. The lowest BCUT2D eigenvalue weighted by Gasteiger charge is -2.53. The van der Waals surface area contributed by atoms with E-state index in [9.17, 15) is 0 Å². The van der Waals surface area contributed by atoms with Gasteiger partial charge in [0.2, 0.25) is 0 Å². The highest BCUT2D eigenvalue weighted by molar-refractivity contribution is 5.17. The first kappa shape index (κ1) is 79.2. The summed E-state index contributed by atoms with van der Waals surface area (Å²) in [6, 6.07) is 0. The minimum atomic E-state index is 0.442. The Bertz CT molecular complexity index is 2380. The maximum absolute atomic E-state index is 6.17. The minimum absolute atomic E-state index is 0.442. The third-order valence-electron chi connectivity index (χ3n) is 34.1. The highest BCUT2D eigenvalue weighted by atomic mass is 16.5. The molecule has 0 amide bonds. The van der Waals surface area contributed by atoms with Gasteiger partial charge in [-0.05, 0) is 393 Å². The average Bonchev–Trinajstić information content (AvgIpc) is 1.53. The Balaban J connectivity index is 0.000000109. The molecule has 21 aliphatic rings. The first-order valence-electron chi connectivity index (χ1n) is 45.0. The van der Waals surface area contributed by atoms with Crippen molar-refractivity contribution in [3.05, 3.63) is 0 Å². The molecule has 0 heterocycles.